The van der Waals surface area contributed by atoms with Gasteiger partial charge in [0.15, 0.2) is 0 Å². The molecule has 0 saturated carbocycles. The first-order valence-corrected chi connectivity index (χ1v) is 6.85. The van der Waals surface area contributed by atoms with Crippen LogP contribution in [0.5, 0.6) is 0 Å². The number of hydrogen-bond acceptors (Lipinski definition) is 1. The lowest BCUT2D eigenvalue weighted by atomic mass is 10.00. The van der Waals surface area contributed by atoms with Gasteiger partial charge in [-0.2, -0.15) is 0 Å². The quantitative estimate of drug-likeness (QED) is 0.702. The van der Waals surface area contributed by atoms with Crippen LogP contribution < -0.4 is 5.32 Å². The van der Waals surface area contributed by atoms with Crippen LogP contribution >= 0.6 is 11.6 Å². The SMILES string of the molecule is CCCCC(NCCC)c1cc(F)c(Cl)cc1F. The minimum absolute atomic E-state index is 0.142. The van der Waals surface area contributed by atoms with E-state index in [1.807, 2.05) is 6.92 Å². The minimum atomic E-state index is -0.562. The van der Waals surface area contributed by atoms with Crippen molar-refractivity contribution in [2.45, 2.75) is 45.6 Å². The minimum Gasteiger partial charge on any atom is -0.310 e. The molecular weight excluding hydrogens is 256 g/mol. The van der Waals surface area contributed by atoms with Gasteiger partial charge < -0.3 is 5.32 Å². The van der Waals surface area contributed by atoms with E-state index in [0.717, 1.165) is 38.3 Å². The lowest BCUT2D eigenvalue weighted by Gasteiger charge is -2.19. The molecule has 0 aliphatic heterocycles. The van der Waals surface area contributed by atoms with E-state index in [-0.39, 0.29) is 11.1 Å². The topological polar surface area (TPSA) is 12.0 Å². The fourth-order valence-electron chi connectivity index (χ4n) is 1.90. The summed E-state index contributed by atoms with van der Waals surface area (Å²) in [6.07, 6.45) is 3.77. The van der Waals surface area contributed by atoms with Crippen LogP contribution in [0.1, 0.15) is 51.1 Å². The maximum Gasteiger partial charge on any atom is 0.142 e. The molecule has 1 nitrogen and oxygen atoms in total. The Kier molecular flexibility index (Phi) is 6.58. The Morgan fingerprint density at radius 3 is 2.50 bits per heavy atom. The molecule has 0 bridgehead atoms. The van der Waals surface area contributed by atoms with E-state index < -0.39 is 11.6 Å². The van der Waals surface area contributed by atoms with Gasteiger partial charge in [-0.3, -0.25) is 0 Å². The number of rotatable bonds is 7. The van der Waals surface area contributed by atoms with Crippen molar-refractivity contribution >= 4 is 11.6 Å². The predicted molar refractivity (Wildman–Crippen MR) is 71.9 cm³/mol. The molecule has 4 heteroatoms. The van der Waals surface area contributed by atoms with Crippen LogP contribution in [-0.4, -0.2) is 6.54 Å². The summed E-state index contributed by atoms with van der Waals surface area (Å²) in [5, 5.41) is 3.09. The molecule has 102 valence electrons. The van der Waals surface area contributed by atoms with E-state index in [0.29, 0.717) is 5.56 Å². The Bertz CT molecular complexity index is 374. The number of unbranched alkanes of at least 4 members (excludes halogenated alkanes) is 1. The molecule has 0 aliphatic carbocycles. The molecule has 0 aliphatic rings. The van der Waals surface area contributed by atoms with Gasteiger partial charge >= 0.3 is 0 Å². The van der Waals surface area contributed by atoms with Crippen molar-refractivity contribution in [3.05, 3.63) is 34.4 Å². The van der Waals surface area contributed by atoms with Gasteiger partial charge in [-0.25, -0.2) is 8.78 Å². The highest BCUT2D eigenvalue weighted by atomic mass is 35.5. The van der Waals surface area contributed by atoms with Crippen molar-refractivity contribution in [2.75, 3.05) is 6.54 Å². The lowest BCUT2D eigenvalue weighted by Crippen LogP contribution is -2.23. The Morgan fingerprint density at radius 2 is 1.89 bits per heavy atom. The second-order valence-electron chi connectivity index (χ2n) is 4.44. The number of halogens is 3. The zero-order chi connectivity index (χ0) is 13.5. The maximum atomic E-state index is 13.8. The average molecular weight is 276 g/mol. The van der Waals surface area contributed by atoms with E-state index in [4.69, 9.17) is 11.6 Å². The molecule has 0 heterocycles. The third-order valence-electron chi connectivity index (χ3n) is 2.90. The zero-order valence-electron chi connectivity index (χ0n) is 10.9. The van der Waals surface area contributed by atoms with Gasteiger partial charge in [-0.15, -0.1) is 0 Å². The molecule has 0 saturated heterocycles. The van der Waals surface area contributed by atoms with Gasteiger partial charge in [0.2, 0.25) is 0 Å². The van der Waals surface area contributed by atoms with Crippen molar-refractivity contribution in [3.8, 4) is 0 Å². The molecule has 1 unspecified atom stereocenters. The number of nitrogens with one attached hydrogen (secondary N) is 1. The van der Waals surface area contributed by atoms with Crippen LogP contribution in [0.4, 0.5) is 8.78 Å². The molecule has 0 spiro atoms. The number of hydrogen-bond donors (Lipinski definition) is 1. The molecule has 0 radical (unpaired) electrons. The molecule has 1 aromatic rings. The van der Waals surface area contributed by atoms with Crippen molar-refractivity contribution in [1.82, 2.24) is 5.32 Å². The summed E-state index contributed by atoms with van der Waals surface area (Å²) in [4.78, 5) is 0. The summed E-state index contributed by atoms with van der Waals surface area (Å²) >= 11 is 5.56. The van der Waals surface area contributed by atoms with Crippen molar-refractivity contribution < 1.29 is 8.78 Å². The molecule has 18 heavy (non-hydrogen) atoms. The molecule has 1 aromatic carbocycles. The van der Waals surface area contributed by atoms with E-state index in [1.165, 1.54) is 6.07 Å². The lowest BCUT2D eigenvalue weighted by molar-refractivity contribution is 0.456. The molecule has 1 rings (SSSR count). The average Bonchev–Trinajstić information content (AvgIpc) is 2.35. The van der Waals surface area contributed by atoms with Crippen LogP contribution in [0.25, 0.3) is 0 Å². The first-order chi connectivity index (χ1) is 8.60. The van der Waals surface area contributed by atoms with E-state index >= 15 is 0 Å². The Balaban J connectivity index is 2.92. The summed E-state index contributed by atoms with van der Waals surface area (Å²) < 4.78 is 27.3. The van der Waals surface area contributed by atoms with Crippen LogP contribution in [0, 0.1) is 11.6 Å². The monoisotopic (exact) mass is 275 g/mol. The van der Waals surface area contributed by atoms with Crippen molar-refractivity contribution in [3.63, 3.8) is 0 Å². The van der Waals surface area contributed by atoms with Gasteiger partial charge in [0.1, 0.15) is 11.6 Å². The second kappa shape index (κ2) is 7.70. The molecule has 0 amide bonds. The summed E-state index contributed by atoms with van der Waals surface area (Å²) in [6.45, 7) is 4.91. The molecule has 1 atom stereocenters. The summed E-state index contributed by atoms with van der Waals surface area (Å²) in [6, 6.07) is 2.12. The Morgan fingerprint density at radius 1 is 1.17 bits per heavy atom. The van der Waals surface area contributed by atoms with Gasteiger partial charge in [0.05, 0.1) is 5.02 Å². The predicted octanol–water partition coefficient (Wildman–Crippen LogP) is 4.85. The normalized spacial score (nSPS) is 12.7. The third-order valence-corrected chi connectivity index (χ3v) is 3.19. The number of benzene rings is 1. The van der Waals surface area contributed by atoms with E-state index in [1.54, 1.807) is 0 Å². The summed E-state index contributed by atoms with van der Waals surface area (Å²) in [7, 11) is 0. The van der Waals surface area contributed by atoms with Gasteiger partial charge in [0.25, 0.3) is 0 Å². The maximum absolute atomic E-state index is 13.8. The highest BCUT2D eigenvalue weighted by molar-refractivity contribution is 6.30. The summed E-state index contributed by atoms with van der Waals surface area (Å²) in [5.41, 5.74) is 0.374. The largest absolute Gasteiger partial charge is 0.310 e. The van der Waals surface area contributed by atoms with E-state index in [9.17, 15) is 8.78 Å². The molecule has 1 N–H and O–H groups in total. The fourth-order valence-corrected chi connectivity index (χ4v) is 2.05. The molecule has 0 fully saturated rings. The zero-order valence-corrected chi connectivity index (χ0v) is 11.7. The van der Waals surface area contributed by atoms with Crippen LogP contribution in [0.2, 0.25) is 5.02 Å². The highest BCUT2D eigenvalue weighted by Crippen LogP contribution is 2.27. The van der Waals surface area contributed by atoms with Gasteiger partial charge in [-0.1, -0.05) is 38.3 Å². The Labute approximate surface area is 113 Å². The standard InChI is InChI=1S/C14H20ClF2N/c1-3-5-6-14(18-7-4-2)10-8-13(17)11(15)9-12(10)16/h8-9,14,18H,3-7H2,1-2H3. The second-order valence-corrected chi connectivity index (χ2v) is 4.84. The first-order valence-electron chi connectivity index (χ1n) is 6.48. The van der Waals surface area contributed by atoms with Crippen molar-refractivity contribution in [2.24, 2.45) is 0 Å². The highest BCUT2D eigenvalue weighted by Gasteiger charge is 2.17. The summed E-state index contributed by atoms with van der Waals surface area (Å²) in [5.74, 6) is -1.00. The van der Waals surface area contributed by atoms with Crippen LogP contribution in [0.3, 0.4) is 0 Å². The Hall–Kier alpha value is -0.670. The fraction of sp³-hybridized carbons (Fsp3) is 0.571. The van der Waals surface area contributed by atoms with Gasteiger partial charge in [0, 0.05) is 11.6 Å². The first kappa shape index (κ1) is 15.4. The van der Waals surface area contributed by atoms with E-state index in [2.05, 4.69) is 12.2 Å². The molecule has 0 aromatic heterocycles. The molecular formula is C14H20ClF2N. The van der Waals surface area contributed by atoms with Gasteiger partial charge in [-0.05, 0) is 31.5 Å². The van der Waals surface area contributed by atoms with Crippen LogP contribution in [-0.2, 0) is 0 Å². The van der Waals surface area contributed by atoms with Crippen molar-refractivity contribution in [1.29, 1.82) is 0 Å². The van der Waals surface area contributed by atoms with Crippen LogP contribution in [0.15, 0.2) is 12.1 Å². The smallest absolute Gasteiger partial charge is 0.142 e. The third kappa shape index (κ3) is 4.21.